The number of carbonyl (C=O) groups is 4. The second-order valence-electron chi connectivity index (χ2n) is 26.3. The zero-order chi connectivity index (χ0) is 50.4. The molecule has 14 nitrogen and oxygen atoms in total. The molecule has 4 heterocycles. The summed E-state index contributed by atoms with van der Waals surface area (Å²) in [7, 11) is 0. The van der Waals surface area contributed by atoms with Crippen molar-refractivity contribution < 1.29 is 47.2 Å². The fourth-order valence-corrected chi connectivity index (χ4v) is 10.8. The number of esters is 2. The number of hydrogen-bond donors (Lipinski definition) is 0. The van der Waals surface area contributed by atoms with E-state index in [1.807, 2.05) is 89.2 Å². The van der Waals surface area contributed by atoms with Gasteiger partial charge >= 0.3 is 24.1 Å². The van der Waals surface area contributed by atoms with Crippen LogP contribution in [0.2, 0.25) is 0 Å². The lowest BCUT2D eigenvalue weighted by molar-refractivity contribution is -0.161. The Bertz CT molecular complexity index is 2040. The number of nitrogens with zero attached hydrogens (tertiary/aromatic N) is 4. The Morgan fingerprint density at radius 3 is 1.39 bits per heavy atom. The van der Waals surface area contributed by atoms with Crippen LogP contribution in [0.3, 0.4) is 0 Å². The molecule has 67 heavy (non-hydrogen) atoms. The molecular weight excluding hydrogens is 967 g/mol. The summed E-state index contributed by atoms with van der Waals surface area (Å²) in [6.07, 6.45) is 5.98. The number of rotatable bonds is 8. The molecular formula is C52H83IN4O10. The predicted octanol–water partition coefficient (Wildman–Crippen LogP) is 12.4. The number of amides is 2. The van der Waals surface area contributed by atoms with Gasteiger partial charge in [0.2, 0.25) is 0 Å². The lowest BCUT2D eigenvalue weighted by atomic mass is 9.67. The lowest BCUT2D eigenvalue weighted by Crippen LogP contribution is -2.36. The smallest absolute Gasteiger partial charge is 0.410 e. The van der Waals surface area contributed by atoms with E-state index in [1.165, 1.54) is 12.8 Å². The molecule has 4 fully saturated rings. The molecule has 2 aliphatic heterocycles. The highest BCUT2D eigenvalue weighted by Crippen LogP contribution is 2.50. The maximum absolute atomic E-state index is 13.1. The van der Waals surface area contributed by atoms with Gasteiger partial charge < -0.3 is 37.8 Å². The van der Waals surface area contributed by atoms with Crippen LogP contribution in [-0.4, -0.2) is 92.8 Å². The third kappa shape index (κ3) is 15.8. The van der Waals surface area contributed by atoms with E-state index in [9.17, 15) is 19.2 Å². The van der Waals surface area contributed by atoms with E-state index < -0.39 is 46.4 Å². The van der Waals surface area contributed by atoms with E-state index >= 15 is 0 Å². The van der Waals surface area contributed by atoms with Gasteiger partial charge in [0.15, 0.2) is 5.76 Å². The van der Waals surface area contributed by atoms with Gasteiger partial charge in [-0.2, -0.15) is 0 Å². The molecule has 0 N–H and O–H groups in total. The largest absolute Gasteiger partial charge is 0.460 e. The summed E-state index contributed by atoms with van der Waals surface area (Å²) >= 11 is 2.30. The normalized spacial score (nSPS) is 26.0. The molecule has 0 spiro atoms. The van der Waals surface area contributed by atoms with Crippen molar-refractivity contribution in [2.45, 2.75) is 209 Å². The fourth-order valence-electron chi connectivity index (χ4n) is 9.81. The molecule has 2 saturated heterocycles. The van der Waals surface area contributed by atoms with Gasteiger partial charge in [-0.3, -0.25) is 9.59 Å². The van der Waals surface area contributed by atoms with Crippen molar-refractivity contribution in [2.24, 2.45) is 34.5 Å². The van der Waals surface area contributed by atoms with E-state index in [0.717, 1.165) is 46.5 Å². The van der Waals surface area contributed by atoms with Crippen molar-refractivity contribution in [3.8, 4) is 0 Å². The second-order valence-corrected chi connectivity index (χ2v) is 27.3. The summed E-state index contributed by atoms with van der Waals surface area (Å²) < 4.78 is 35.1. The first kappa shape index (κ1) is 54.6. The Morgan fingerprint density at radius 2 is 0.970 bits per heavy atom. The van der Waals surface area contributed by atoms with Gasteiger partial charge in [0, 0.05) is 55.9 Å². The summed E-state index contributed by atoms with van der Waals surface area (Å²) in [5.74, 6) is 1.71. The minimum absolute atomic E-state index is 0.240. The van der Waals surface area contributed by atoms with Gasteiger partial charge in [-0.25, -0.2) is 9.59 Å². The Morgan fingerprint density at radius 1 is 0.567 bits per heavy atom. The Hall–Kier alpha value is -3.37. The van der Waals surface area contributed by atoms with Gasteiger partial charge in [-0.1, -0.05) is 51.9 Å². The predicted molar refractivity (Wildman–Crippen MR) is 265 cm³/mol. The Labute approximate surface area is 414 Å². The highest BCUT2D eigenvalue weighted by Gasteiger charge is 2.48. The summed E-state index contributed by atoms with van der Waals surface area (Å²) in [4.78, 5) is 54.9. The standard InChI is InChI=1S/C26H41IN2O5.C26H42N2O5/c1-24(2,3)12-15-10-16(11-15)21-19(27)20(28-34-21)17-13-29(23(31)33-26(7,8)9)14-18(17)22(30)32-25(4,5)6;1-24(2,3)13-16-10-17(11-16)21-12-20(27-33-21)18-14-28(23(30)32-26(7,8)9)15-19(18)22(29)31-25(4,5)6/h15-18H,10-14H2,1-9H3;12,16-19H,10-11,13-15H2,1-9H3/t15?,16?,17-,18-;16?,17?,18-,19-/m00/s1. The SMILES string of the molecule is CC(C)(C)CC1CC(c2cc([C@H]3CN(C(=O)OC(C)(C)C)C[C@@H]3C(=O)OC(C)(C)C)no2)C1.CC(C)(C)CC1CC(c2onc([C@H]3CN(C(=O)OC(C)(C)C)C[C@@H]3C(=O)OC(C)(C)C)c2I)C1. The summed E-state index contributed by atoms with van der Waals surface area (Å²) in [6, 6.07) is 1.98. The number of ether oxygens (including phenoxy) is 4. The van der Waals surface area contributed by atoms with Crippen LogP contribution in [0.5, 0.6) is 0 Å². The minimum Gasteiger partial charge on any atom is -0.460 e. The number of halogens is 1. The van der Waals surface area contributed by atoms with Gasteiger partial charge in [0.05, 0.1) is 21.1 Å². The van der Waals surface area contributed by atoms with Gasteiger partial charge in [0.25, 0.3) is 0 Å². The first-order valence-electron chi connectivity index (χ1n) is 24.5. The van der Waals surface area contributed by atoms with E-state index in [-0.39, 0.29) is 36.9 Å². The molecule has 2 aromatic rings. The van der Waals surface area contributed by atoms with Gasteiger partial charge in [-0.15, -0.1) is 0 Å². The first-order valence-corrected chi connectivity index (χ1v) is 25.5. The molecule has 378 valence electrons. The molecule has 6 rings (SSSR count). The zero-order valence-electron chi connectivity index (χ0n) is 44.0. The van der Waals surface area contributed by atoms with Crippen molar-refractivity contribution in [2.75, 3.05) is 26.2 Å². The van der Waals surface area contributed by atoms with Crippen molar-refractivity contribution in [1.82, 2.24) is 20.1 Å². The number of carbonyl (C=O) groups excluding carboxylic acids is 4. The molecule has 0 radical (unpaired) electrons. The van der Waals surface area contributed by atoms with E-state index in [0.29, 0.717) is 53.3 Å². The molecule has 0 unspecified atom stereocenters. The average molecular weight is 1050 g/mol. The molecule has 2 amide bonds. The highest BCUT2D eigenvalue weighted by atomic mass is 127. The van der Waals surface area contributed by atoms with E-state index in [1.54, 1.807) is 9.80 Å². The molecule has 2 saturated carbocycles. The summed E-state index contributed by atoms with van der Waals surface area (Å²) in [6.45, 7) is 37.0. The highest BCUT2D eigenvalue weighted by molar-refractivity contribution is 14.1. The van der Waals surface area contributed by atoms with Crippen molar-refractivity contribution in [3.63, 3.8) is 0 Å². The van der Waals surface area contributed by atoms with Crippen LogP contribution < -0.4 is 0 Å². The van der Waals surface area contributed by atoms with E-state index in [4.69, 9.17) is 28.0 Å². The van der Waals surface area contributed by atoms with Crippen LogP contribution in [0.25, 0.3) is 0 Å². The number of aromatic nitrogens is 2. The third-order valence-electron chi connectivity index (χ3n) is 12.4. The maximum atomic E-state index is 13.1. The van der Waals surface area contributed by atoms with Crippen LogP contribution in [0.1, 0.15) is 210 Å². The number of likely N-dealkylation sites (tertiary alicyclic amines) is 2. The van der Waals surface area contributed by atoms with Crippen molar-refractivity contribution >= 4 is 46.7 Å². The van der Waals surface area contributed by atoms with Crippen LogP contribution in [-0.2, 0) is 28.5 Å². The van der Waals surface area contributed by atoms with Crippen molar-refractivity contribution in [1.29, 1.82) is 0 Å². The van der Waals surface area contributed by atoms with E-state index in [2.05, 4.69) is 74.4 Å². The molecule has 0 aromatic carbocycles. The zero-order valence-corrected chi connectivity index (χ0v) is 46.2. The monoisotopic (exact) mass is 1050 g/mol. The number of hydrogen-bond acceptors (Lipinski definition) is 12. The Balaban J connectivity index is 0.000000251. The van der Waals surface area contributed by atoms with Crippen molar-refractivity contribution in [3.05, 3.63) is 32.5 Å². The molecule has 0 bridgehead atoms. The second kappa shape index (κ2) is 20.2. The van der Waals surface area contributed by atoms with Gasteiger partial charge in [0.1, 0.15) is 33.9 Å². The lowest BCUT2D eigenvalue weighted by Gasteiger charge is -2.37. The molecule has 2 aliphatic carbocycles. The molecule has 4 atom stereocenters. The fraction of sp³-hybridized carbons (Fsp3) is 0.808. The first-order chi connectivity index (χ1) is 30.4. The van der Waals surface area contributed by atoms with Crippen LogP contribution in [0.4, 0.5) is 9.59 Å². The van der Waals surface area contributed by atoms with Gasteiger partial charge in [-0.05, 0) is 167 Å². The quantitative estimate of drug-likeness (QED) is 0.140. The minimum atomic E-state index is -0.614. The van der Waals surface area contributed by atoms with Crippen LogP contribution in [0.15, 0.2) is 15.1 Å². The maximum Gasteiger partial charge on any atom is 0.410 e. The molecule has 2 aromatic heterocycles. The topological polar surface area (TPSA) is 164 Å². The third-order valence-corrected chi connectivity index (χ3v) is 13.5. The Kier molecular flexibility index (Phi) is 16.4. The van der Waals surface area contributed by atoms with Crippen LogP contribution in [0, 0.1) is 38.1 Å². The average Bonchev–Trinajstić information content (AvgIpc) is 3.89. The van der Waals surface area contributed by atoms with Crippen LogP contribution >= 0.6 is 22.6 Å². The molecule has 4 aliphatic rings. The molecule has 15 heteroatoms. The summed E-state index contributed by atoms with van der Waals surface area (Å²) in [5.41, 5.74) is -0.321. The summed E-state index contributed by atoms with van der Waals surface area (Å²) in [5, 5.41) is 8.77.